The van der Waals surface area contributed by atoms with E-state index in [1.807, 2.05) is 0 Å². The van der Waals surface area contributed by atoms with Gasteiger partial charge in [0.05, 0.1) is 34.0 Å². The van der Waals surface area contributed by atoms with Crippen molar-refractivity contribution < 1.29 is 17.9 Å². The molecule has 0 spiro atoms. The van der Waals surface area contributed by atoms with Crippen molar-refractivity contribution in [3.05, 3.63) is 36.4 Å². The molecule has 2 aromatic carbocycles. The molecule has 8 nitrogen and oxygen atoms in total. The van der Waals surface area contributed by atoms with Gasteiger partial charge < -0.3 is 10.1 Å². The van der Waals surface area contributed by atoms with E-state index < -0.39 is 21.5 Å². The maximum absolute atomic E-state index is 12.6. The molecule has 0 bridgehead atoms. The zero-order valence-electron chi connectivity index (χ0n) is 13.9. The topological polar surface area (TPSA) is 111 Å². The van der Waals surface area contributed by atoms with Gasteiger partial charge in [0.2, 0.25) is 5.91 Å². The van der Waals surface area contributed by atoms with Gasteiger partial charge in [0.15, 0.2) is 15.0 Å². The van der Waals surface area contributed by atoms with Gasteiger partial charge in [-0.3, -0.25) is 4.79 Å². The Kier molecular flexibility index (Phi) is 4.50. The van der Waals surface area contributed by atoms with Gasteiger partial charge >= 0.3 is 0 Å². The van der Waals surface area contributed by atoms with Crippen LogP contribution in [0.4, 0.5) is 5.13 Å². The van der Waals surface area contributed by atoms with E-state index in [-0.39, 0.29) is 10.4 Å². The van der Waals surface area contributed by atoms with E-state index in [0.29, 0.717) is 21.9 Å². The number of carbonyl (C=O) groups is 1. The van der Waals surface area contributed by atoms with Crippen molar-refractivity contribution in [3.8, 4) is 5.75 Å². The fourth-order valence-electron chi connectivity index (χ4n) is 2.52. The molecule has 2 aromatic heterocycles. The Morgan fingerprint density at radius 2 is 2.04 bits per heavy atom. The van der Waals surface area contributed by atoms with E-state index in [9.17, 15) is 13.2 Å². The Bertz CT molecular complexity index is 1260. The van der Waals surface area contributed by atoms with Crippen LogP contribution < -0.4 is 10.1 Å². The molecule has 0 saturated heterocycles. The van der Waals surface area contributed by atoms with Crippen LogP contribution in [0, 0.1) is 0 Å². The number of hydrogen-bond donors (Lipinski definition) is 1. The molecular formula is C16H12N4O4S3. The van der Waals surface area contributed by atoms with Crippen molar-refractivity contribution in [1.82, 2.24) is 13.7 Å². The number of sulfone groups is 1. The summed E-state index contributed by atoms with van der Waals surface area (Å²) in [5.74, 6) is -0.694. The number of carbonyl (C=O) groups excluding carboxylic acids is 1. The molecule has 1 N–H and O–H groups in total. The van der Waals surface area contributed by atoms with Crippen molar-refractivity contribution >= 4 is 65.2 Å². The van der Waals surface area contributed by atoms with E-state index >= 15 is 0 Å². The first-order chi connectivity index (χ1) is 13.0. The monoisotopic (exact) mass is 420 g/mol. The lowest BCUT2D eigenvalue weighted by atomic mass is 10.3. The number of fused-ring (bicyclic) bond motifs is 2. The Balaban J connectivity index is 1.56. The van der Waals surface area contributed by atoms with Gasteiger partial charge in [0.25, 0.3) is 0 Å². The van der Waals surface area contributed by atoms with Gasteiger partial charge in [-0.2, -0.15) is 8.75 Å². The van der Waals surface area contributed by atoms with Gasteiger partial charge in [-0.1, -0.05) is 17.4 Å². The van der Waals surface area contributed by atoms with E-state index in [1.165, 1.54) is 17.4 Å². The lowest BCUT2D eigenvalue weighted by Gasteiger charge is -2.04. The van der Waals surface area contributed by atoms with Crippen molar-refractivity contribution in [2.24, 2.45) is 0 Å². The number of anilines is 1. The fourth-order valence-corrected chi connectivity index (χ4v) is 5.34. The largest absolute Gasteiger partial charge is 0.497 e. The summed E-state index contributed by atoms with van der Waals surface area (Å²) in [7, 11) is -2.30. The fraction of sp³-hybridized carbons (Fsp3) is 0.125. The minimum atomic E-state index is -3.87. The van der Waals surface area contributed by atoms with Crippen LogP contribution in [-0.2, 0) is 14.6 Å². The molecule has 0 atom stereocenters. The Morgan fingerprint density at radius 1 is 1.19 bits per heavy atom. The summed E-state index contributed by atoms with van der Waals surface area (Å²) in [5, 5.41) is 2.88. The second-order valence-electron chi connectivity index (χ2n) is 5.55. The minimum absolute atomic E-state index is 0.00191. The highest BCUT2D eigenvalue weighted by molar-refractivity contribution is 7.92. The Morgan fingerprint density at radius 3 is 2.85 bits per heavy atom. The van der Waals surface area contributed by atoms with Gasteiger partial charge in [0.1, 0.15) is 22.5 Å². The molecule has 0 aliphatic heterocycles. The van der Waals surface area contributed by atoms with Crippen molar-refractivity contribution in [2.45, 2.75) is 4.90 Å². The molecule has 138 valence electrons. The second kappa shape index (κ2) is 6.83. The third kappa shape index (κ3) is 3.48. The van der Waals surface area contributed by atoms with Crippen LogP contribution in [0.15, 0.2) is 41.3 Å². The molecule has 0 aliphatic rings. The normalized spacial score (nSPS) is 11.7. The first-order valence-corrected chi connectivity index (χ1v) is 10.8. The standard InChI is InChI=1S/C16H12N4O4S3/c1-24-9-5-6-10-12(7-9)25-16(17-10)18-14(21)8-27(22,23)13-4-2-3-11-15(13)20-26-19-11/h2-7H,8H2,1H3,(H,17,18,21). The smallest absolute Gasteiger partial charge is 0.241 e. The maximum Gasteiger partial charge on any atom is 0.241 e. The van der Waals surface area contributed by atoms with Crippen molar-refractivity contribution in [2.75, 3.05) is 18.2 Å². The highest BCUT2D eigenvalue weighted by atomic mass is 32.2. The molecule has 11 heteroatoms. The Labute approximate surface area is 162 Å². The molecule has 1 amide bonds. The number of rotatable bonds is 5. The number of hydrogen-bond acceptors (Lipinski definition) is 9. The number of nitrogens with one attached hydrogen (secondary N) is 1. The van der Waals surface area contributed by atoms with Crippen LogP contribution >= 0.6 is 23.1 Å². The van der Waals surface area contributed by atoms with E-state index in [1.54, 1.807) is 37.4 Å². The lowest BCUT2D eigenvalue weighted by Crippen LogP contribution is -2.23. The molecule has 4 rings (SSSR count). The first kappa shape index (κ1) is 17.8. The van der Waals surface area contributed by atoms with E-state index in [4.69, 9.17) is 4.74 Å². The molecule has 4 aromatic rings. The summed E-state index contributed by atoms with van der Waals surface area (Å²) in [4.78, 5) is 16.6. The van der Waals surface area contributed by atoms with Crippen molar-refractivity contribution in [3.63, 3.8) is 0 Å². The molecule has 0 aliphatic carbocycles. The van der Waals surface area contributed by atoms with Crippen LogP contribution in [0.25, 0.3) is 21.3 Å². The molecule has 27 heavy (non-hydrogen) atoms. The number of nitrogens with zero attached hydrogens (tertiary/aromatic N) is 3. The number of aromatic nitrogens is 3. The summed E-state index contributed by atoms with van der Waals surface area (Å²) >= 11 is 2.17. The predicted molar refractivity (Wildman–Crippen MR) is 104 cm³/mol. The molecule has 0 fully saturated rings. The van der Waals surface area contributed by atoms with Crippen molar-refractivity contribution in [1.29, 1.82) is 0 Å². The Hall–Kier alpha value is -2.63. The predicted octanol–water partition coefficient (Wildman–Crippen LogP) is 2.72. The molecule has 0 radical (unpaired) electrons. The van der Waals surface area contributed by atoms with E-state index in [2.05, 4.69) is 19.0 Å². The third-order valence-electron chi connectivity index (χ3n) is 3.75. The summed E-state index contributed by atoms with van der Waals surface area (Å²) < 4.78 is 39.3. The van der Waals surface area contributed by atoms with Crippen LogP contribution in [0.5, 0.6) is 5.75 Å². The van der Waals surface area contributed by atoms with Crippen LogP contribution in [0.1, 0.15) is 0 Å². The minimum Gasteiger partial charge on any atom is -0.497 e. The van der Waals surface area contributed by atoms with Gasteiger partial charge in [-0.25, -0.2) is 13.4 Å². The number of amides is 1. The van der Waals surface area contributed by atoms with Gasteiger partial charge in [-0.15, -0.1) is 0 Å². The van der Waals surface area contributed by atoms with Gasteiger partial charge in [0, 0.05) is 0 Å². The van der Waals surface area contributed by atoms with Gasteiger partial charge in [-0.05, 0) is 30.3 Å². The lowest BCUT2D eigenvalue weighted by molar-refractivity contribution is -0.113. The SMILES string of the molecule is COc1ccc2nc(NC(=O)CS(=O)(=O)c3cccc4nsnc34)sc2c1. The summed E-state index contributed by atoms with van der Waals surface area (Å²) in [5.41, 5.74) is 1.46. The third-order valence-corrected chi connectivity index (χ3v) is 6.87. The zero-order chi connectivity index (χ0) is 19.0. The molecular weight excluding hydrogens is 408 g/mol. The summed E-state index contributed by atoms with van der Waals surface area (Å²) in [6, 6.07) is 10.0. The number of ether oxygens (including phenoxy) is 1. The molecule has 0 saturated carbocycles. The second-order valence-corrected chi connectivity index (χ2v) is 9.07. The summed E-state index contributed by atoms with van der Waals surface area (Å²) in [6.45, 7) is 0. The highest BCUT2D eigenvalue weighted by Crippen LogP contribution is 2.29. The number of methoxy groups -OCH3 is 1. The highest BCUT2D eigenvalue weighted by Gasteiger charge is 2.24. The molecule has 0 unspecified atom stereocenters. The van der Waals surface area contributed by atoms with Crippen LogP contribution in [0.3, 0.4) is 0 Å². The number of thiazole rings is 1. The summed E-state index contributed by atoms with van der Waals surface area (Å²) in [6.07, 6.45) is 0. The van der Waals surface area contributed by atoms with Crippen LogP contribution in [0.2, 0.25) is 0 Å². The zero-order valence-corrected chi connectivity index (χ0v) is 16.3. The molecule has 2 heterocycles. The number of benzene rings is 2. The maximum atomic E-state index is 12.6. The quantitative estimate of drug-likeness (QED) is 0.528. The first-order valence-electron chi connectivity index (χ1n) is 7.65. The van der Waals surface area contributed by atoms with Crippen LogP contribution in [-0.4, -0.2) is 40.9 Å². The average molecular weight is 420 g/mol. The average Bonchev–Trinajstić information content (AvgIpc) is 3.25. The van der Waals surface area contributed by atoms with E-state index in [0.717, 1.165) is 16.4 Å².